The molecule has 0 aromatic rings. The Balaban J connectivity index is 4.39. The molecule has 0 aromatic carbocycles. The van der Waals surface area contributed by atoms with Gasteiger partial charge in [-0.3, -0.25) is 14.4 Å². The van der Waals surface area contributed by atoms with E-state index in [-0.39, 0.29) is 31.1 Å². The fourth-order valence-corrected chi connectivity index (χ4v) is 8.52. The Morgan fingerprint density at radius 3 is 0.853 bits per heavy atom. The third-order valence-corrected chi connectivity index (χ3v) is 13.0. The van der Waals surface area contributed by atoms with Crippen LogP contribution in [-0.2, 0) is 28.6 Å². The fourth-order valence-electron chi connectivity index (χ4n) is 8.52. The molecule has 0 amide bonds. The van der Waals surface area contributed by atoms with Crippen LogP contribution in [0.15, 0.2) is 48.6 Å². The van der Waals surface area contributed by atoms with Gasteiger partial charge in [-0.1, -0.05) is 236 Å². The lowest BCUT2D eigenvalue weighted by Gasteiger charge is -2.18. The van der Waals surface area contributed by atoms with E-state index in [1.807, 2.05) is 0 Å². The maximum atomic E-state index is 12.9. The summed E-state index contributed by atoms with van der Waals surface area (Å²) in [6.07, 6.45) is 69.5. The lowest BCUT2D eigenvalue weighted by Crippen LogP contribution is -2.30. The number of carbonyl (C=O) groups excluding carboxylic acids is 3. The molecule has 0 radical (unpaired) electrons. The number of hydrogen-bond acceptors (Lipinski definition) is 6. The van der Waals surface area contributed by atoms with Crippen molar-refractivity contribution < 1.29 is 28.6 Å². The maximum absolute atomic E-state index is 12.9. The van der Waals surface area contributed by atoms with Crippen molar-refractivity contribution in [2.75, 3.05) is 13.2 Å². The molecular weight excluding hydrogens is 841 g/mol. The van der Waals surface area contributed by atoms with Crippen LogP contribution in [0.5, 0.6) is 0 Å². The van der Waals surface area contributed by atoms with E-state index < -0.39 is 6.10 Å². The van der Waals surface area contributed by atoms with Crippen molar-refractivity contribution in [1.29, 1.82) is 0 Å². The van der Waals surface area contributed by atoms with Gasteiger partial charge >= 0.3 is 17.9 Å². The van der Waals surface area contributed by atoms with Crippen LogP contribution < -0.4 is 0 Å². The van der Waals surface area contributed by atoms with E-state index in [1.54, 1.807) is 0 Å². The van der Waals surface area contributed by atoms with Crippen molar-refractivity contribution in [1.82, 2.24) is 0 Å². The standard InChI is InChI=1S/C62H112O6/c1-4-7-10-13-16-19-22-25-28-31-34-37-40-43-46-49-52-55-61(64)67-58-59(57-66-60(63)54-51-48-45-42-39-36-33-30-27-24-21-18-15-12-9-6-3)68-62(65)56-53-50-47-44-41-38-35-32-29-26-23-20-17-14-11-8-5-2/h16,19,25-26,28-30,33,59H,4-15,17-18,20-24,27,31-32,34-58H2,1-3H3/b19-16-,28-25-,29-26-,33-30-. The lowest BCUT2D eigenvalue weighted by molar-refractivity contribution is -0.167. The van der Waals surface area contributed by atoms with Gasteiger partial charge in [0, 0.05) is 19.3 Å². The highest BCUT2D eigenvalue weighted by Crippen LogP contribution is 2.15. The quantitative estimate of drug-likeness (QED) is 0.0262. The Bertz CT molecular complexity index is 1190. The predicted octanol–water partition coefficient (Wildman–Crippen LogP) is 19.8. The number of hydrogen-bond donors (Lipinski definition) is 0. The smallest absolute Gasteiger partial charge is 0.306 e. The summed E-state index contributed by atoms with van der Waals surface area (Å²) in [7, 11) is 0. The summed E-state index contributed by atoms with van der Waals surface area (Å²) in [5.74, 6) is -0.885. The molecule has 0 saturated carbocycles. The molecule has 0 aromatic heterocycles. The third kappa shape index (κ3) is 54.3. The largest absolute Gasteiger partial charge is 0.462 e. The zero-order valence-electron chi connectivity index (χ0n) is 45.4. The highest BCUT2D eigenvalue weighted by molar-refractivity contribution is 5.71. The van der Waals surface area contributed by atoms with Gasteiger partial charge in [-0.05, 0) is 103 Å². The second-order valence-corrected chi connectivity index (χ2v) is 19.9. The molecule has 1 atom stereocenters. The van der Waals surface area contributed by atoms with Gasteiger partial charge < -0.3 is 14.2 Å². The summed E-state index contributed by atoms with van der Waals surface area (Å²) < 4.78 is 16.9. The van der Waals surface area contributed by atoms with Crippen molar-refractivity contribution in [3.63, 3.8) is 0 Å². The first-order valence-corrected chi connectivity index (χ1v) is 29.6. The average molecular weight is 954 g/mol. The summed E-state index contributed by atoms with van der Waals surface area (Å²) in [6, 6.07) is 0. The molecule has 1 unspecified atom stereocenters. The van der Waals surface area contributed by atoms with Gasteiger partial charge in [-0.25, -0.2) is 0 Å². The summed E-state index contributed by atoms with van der Waals surface area (Å²) in [5, 5.41) is 0. The first-order valence-electron chi connectivity index (χ1n) is 29.6. The molecule has 6 heteroatoms. The van der Waals surface area contributed by atoms with Crippen LogP contribution in [0.2, 0.25) is 0 Å². The molecule has 0 rings (SSSR count). The van der Waals surface area contributed by atoms with Crippen molar-refractivity contribution in [2.45, 2.75) is 316 Å². The first kappa shape index (κ1) is 65.4. The normalized spacial score (nSPS) is 12.3. The van der Waals surface area contributed by atoms with E-state index in [4.69, 9.17) is 14.2 Å². The molecular formula is C62H112O6. The lowest BCUT2D eigenvalue weighted by atomic mass is 10.1. The average Bonchev–Trinajstić information content (AvgIpc) is 3.34. The van der Waals surface area contributed by atoms with Gasteiger partial charge in [0.25, 0.3) is 0 Å². The Labute approximate surface area is 422 Å². The zero-order chi connectivity index (χ0) is 49.3. The Kier molecular flexibility index (Phi) is 54.8. The molecule has 0 aliphatic carbocycles. The Morgan fingerprint density at radius 2 is 0.529 bits per heavy atom. The molecule has 0 N–H and O–H groups in total. The topological polar surface area (TPSA) is 78.9 Å². The Morgan fingerprint density at radius 1 is 0.294 bits per heavy atom. The SMILES string of the molecule is CCCCC/C=C\C/C=C\CCCCCCCCCC(=O)OCC(COC(=O)CCCCCCC/C=C\CCCCCCCCC)OC(=O)CCCCCCCCC/C=C\CCCCCCCC. The third-order valence-electron chi connectivity index (χ3n) is 13.0. The predicted molar refractivity (Wildman–Crippen MR) is 293 cm³/mol. The van der Waals surface area contributed by atoms with Gasteiger partial charge in [0.05, 0.1) is 0 Å². The molecule has 6 nitrogen and oxygen atoms in total. The van der Waals surface area contributed by atoms with Crippen LogP contribution in [0, 0.1) is 0 Å². The number of unbranched alkanes of at least 4 members (excludes halogenated alkanes) is 35. The van der Waals surface area contributed by atoms with Crippen molar-refractivity contribution >= 4 is 17.9 Å². The number of carbonyl (C=O) groups is 3. The molecule has 68 heavy (non-hydrogen) atoms. The van der Waals surface area contributed by atoms with E-state index >= 15 is 0 Å². The number of esters is 3. The second kappa shape index (κ2) is 57.0. The van der Waals surface area contributed by atoms with E-state index in [2.05, 4.69) is 69.4 Å². The summed E-state index contributed by atoms with van der Waals surface area (Å²) in [6.45, 7) is 6.63. The Hall–Kier alpha value is -2.63. The minimum atomic E-state index is -0.782. The maximum Gasteiger partial charge on any atom is 0.306 e. The van der Waals surface area contributed by atoms with Gasteiger partial charge in [-0.15, -0.1) is 0 Å². The van der Waals surface area contributed by atoms with Crippen molar-refractivity contribution in [3.8, 4) is 0 Å². The zero-order valence-corrected chi connectivity index (χ0v) is 45.4. The number of allylic oxidation sites excluding steroid dienone is 8. The van der Waals surface area contributed by atoms with Crippen LogP contribution in [0.4, 0.5) is 0 Å². The summed E-state index contributed by atoms with van der Waals surface area (Å²) in [5.41, 5.74) is 0. The van der Waals surface area contributed by atoms with Crippen LogP contribution >= 0.6 is 0 Å². The van der Waals surface area contributed by atoms with Gasteiger partial charge in [0.1, 0.15) is 13.2 Å². The highest BCUT2D eigenvalue weighted by atomic mass is 16.6. The van der Waals surface area contributed by atoms with Crippen LogP contribution in [-0.4, -0.2) is 37.2 Å². The van der Waals surface area contributed by atoms with Crippen LogP contribution in [0.25, 0.3) is 0 Å². The molecule has 0 bridgehead atoms. The van der Waals surface area contributed by atoms with Crippen LogP contribution in [0.1, 0.15) is 310 Å². The van der Waals surface area contributed by atoms with E-state index in [9.17, 15) is 14.4 Å². The monoisotopic (exact) mass is 953 g/mol. The van der Waals surface area contributed by atoms with Gasteiger partial charge in [-0.2, -0.15) is 0 Å². The highest BCUT2D eigenvalue weighted by Gasteiger charge is 2.19. The van der Waals surface area contributed by atoms with E-state index in [0.717, 1.165) is 77.0 Å². The summed E-state index contributed by atoms with van der Waals surface area (Å²) >= 11 is 0. The van der Waals surface area contributed by atoms with E-state index in [1.165, 1.54) is 193 Å². The molecule has 396 valence electrons. The molecule has 0 fully saturated rings. The second-order valence-electron chi connectivity index (χ2n) is 19.9. The summed E-state index contributed by atoms with van der Waals surface area (Å²) in [4.78, 5) is 38.2. The molecule has 0 aliphatic heterocycles. The van der Waals surface area contributed by atoms with Crippen molar-refractivity contribution in [3.05, 3.63) is 48.6 Å². The van der Waals surface area contributed by atoms with Crippen molar-refractivity contribution in [2.24, 2.45) is 0 Å². The molecule has 0 heterocycles. The van der Waals surface area contributed by atoms with Gasteiger partial charge in [0.15, 0.2) is 6.10 Å². The molecule has 0 saturated heterocycles. The van der Waals surface area contributed by atoms with Crippen LogP contribution in [0.3, 0.4) is 0 Å². The van der Waals surface area contributed by atoms with Gasteiger partial charge in [0.2, 0.25) is 0 Å². The number of rotatable bonds is 54. The minimum Gasteiger partial charge on any atom is -0.462 e. The first-order chi connectivity index (χ1) is 33.5. The fraction of sp³-hybridized carbons (Fsp3) is 0.823. The van der Waals surface area contributed by atoms with E-state index in [0.29, 0.717) is 19.3 Å². The minimum absolute atomic E-state index is 0.0801. The molecule has 0 aliphatic rings. The number of ether oxygens (including phenoxy) is 3. The molecule has 0 spiro atoms.